The predicted octanol–water partition coefficient (Wildman–Crippen LogP) is 7.30. The van der Waals surface area contributed by atoms with E-state index >= 15 is 0 Å². The van der Waals surface area contributed by atoms with E-state index in [2.05, 4.69) is 41.3 Å². The lowest BCUT2D eigenvalue weighted by Crippen LogP contribution is -2.49. The van der Waals surface area contributed by atoms with Crippen LogP contribution in [0.1, 0.15) is 63.5 Å². The fourth-order valence-corrected chi connectivity index (χ4v) is 6.30. The summed E-state index contributed by atoms with van der Waals surface area (Å²) in [5.74, 6) is 2.14. The van der Waals surface area contributed by atoms with Gasteiger partial charge in [-0.1, -0.05) is 81.3 Å². The number of benzene rings is 3. The first-order valence-electron chi connectivity index (χ1n) is 14.7. The van der Waals surface area contributed by atoms with E-state index in [9.17, 15) is 4.79 Å². The molecule has 1 saturated carbocycles. The molecule has 0 bridgehead atoms. The zero-order chi connectivity index (χ0) is 27.9. The van der Waals surface area contributed by atoms with Gasteiger partial charge < -0.3 is 20.3 Å². The molecule has 0 spiro atoms. The molecule has 7 heteroatoms. The minimum absolute atomic E-state index is 0. The number of nitrogens with two attached hydrogens (primary N) is 1. The summed E-state index contributed by atoms with van der Waals surface area (Å²) in [5, 5.41) is 0. The summed E-state index contributed by atoms with van der Waals surface area (Å²) < 4.78 is 5.62. The number of carbonyl (C=O) groups excluding carboxylic acids is 1. The van der Waals surface area contributed by atoms with Gasteiger partial charge in [-0.05, 0) is 66.5 Å². The van der Waals surface area contributed by atoms with E-state index in [4.69, 9.17) is 15.5 Å². The molecule has 1 fully saturated rings. The number of hydrogen-bond donors (Lipinski definition) is 1. The molecule has 2 aliphatic rings. The van der Waals surface area contributed by atoms with E-state index in [0.717, 1.165) is 47.5 Å². The molecule has 1 amide bonds. The summed E-state index contributed by atoms with van der Waals surface area (Å²) in [7, 11) is 3.63. The van der Waals surface area contributed by atoms with E-state index in [-0.39, 0.29) is 32.9 Å². The third-order valence-electron chi connectivity index (χ3n) is 8.62. The molecule has 1 atom stereocenters. The van der Waals surface area contributed by atoms with Crippen molar-refractivity contribution in [2.45, 2.75) is 71.4 Å². The quantitative estimate of drug-likeness (QED) is 0.270. The fraction of sp³-hybridized carbons (Fsp3) is 0.429. The third kappa shape index (κ3) is 7.88. The van der Waals surface area contributed by atoms with Crippen LogP contribution in [0.25, 0.3) is 11.1 Å². The lowest BCUT2D eigenvalue weighted by Gasteiger charge is -2.41. The average molecular weight is 589 g/mol. The van der Waals surface area contributed by atoms with Crippen LogP contribution in [0.15, 0.2) is 77.8 Å². The van der Waals surface area contributed by atoms with Crippen molar-refractivity contribution in [3.63, 3.8) is 0 Å². The van der Waals surface area contributed by atoms with Crippen molar-refractivity contribution in [2.24, 2.45) is 16.6 Å². The Bertz CT molecular complexity index is 1320. The normalized spacial score (nSPS) is 15.4. The van der Waals surface area contributed by atoms with Crippen molar-refractivity contribution < 1.29 is 9.53 Å². The molecule has 1 aliphatic heterocycles. The minimum atomic E-state index is 0. The van der Waals surface area contributed by atoms with Crippen LogP contribution in [0.3, 0.4) is 0 Å². The van der Waals surface area contributed by atoms with Crippen LogP contribution in [0.5, 0.6) is 5.75 Å². The summed E-state index contributed by atoms with van der Waals surface area (Å²) in [6.45, 7) is 1.43. The van der Waals surface area contributed by atoms with Crippen LogP contribution in [0.4, 0.5) is 5.69 Å². The SMILES string of the molecule is C.COc1ccccc1-c1ccc2c(c1)CN([C@@H](CCC(=O)N(C)CCc1ccccc1)C1CCCCC1)C(N)=N2.S. The van der Waals surface area contributed by atoms with Crippen LogP contribution >= 0.6 is 13.5 Å². The molecule has 0 saturated heterocycles. The van der Waals surface area contributed by atoms with Crippen LogP contribution in [-0.4, -0.2) is 48.4 Å². The largest absolute Gasteiger partial charge is 0.496 e. The predicted molar refractivity (Wildman–Crippen MR) is 180 cm³/mol. The maximum Gasteiger partial charge on any atom is 0.222 e. The van der Waals surface area contributed by atoms with Crippen molar-refractivity contribution >= 4 is 31.0 Å². The van der Waals surface area contributed by atoms with Crippen molar-refractivity contribution in [1.29, 1.82) is 0 Å². The molecule has 1 aliphatic carbocycles. The van der Waals surface area contributed by atoms with Crippen molar-refractivity contribution in [1.82, 2.24) is 9.80 Å². The van der Waals surface area contributed by atoms with Crippen LogP contribution < -0.4 is 10.5 Å². The lowest BCUT2D eigenvalue weighted by molar-refractivity contribution is -0.130. The first kappa shape index (κ1) is 33.1. The molecule has 6 nitrogen and oxygen atoms in total. The maximum absolute atomic E-state index is 13.2. The van der Waals surface area contributed by atoms with E-state index in [1.54, 1.807) is 7.11 Å². The molecule has 0 radical (unpaired) electrons. The van der Waals surface area contributed by atoms with E-state index < -0.39 is 0 Å². The van der Waals surface area contributed by atoms with E-state index in [0.29, 0.717) is 24.8 Å². The van der Waals surface area contributed by atoms with Crippen molar-refractivity contribution in [2.75, 3.05) is 20.7 Å². The highest BCUT2D eigenvalue weighted by Gasteiger charge is 2.33. The van der Waals surface area contributed by atoms with Crippen LogP contribution in [-0.2, 0) is 17.8 Å². The lowest BCUT2D eigenvalue weighted by atomic mass is 9.81. The summed E-state index contributed by atoms with van der Waals surface area (Å²) in [6.07, 6.45) is 8.31. The van der Waals surface area contributed by atoms with Crippen molar-refractivity contribution in [3.05, 3.63) is 83.9 Å². The standard InChI is InChI=1S/C34H42N4O2.CH4.H2S/c1-37(22-21-25-11-5-3-6-12-25)33(39)20-19-31(26-13-7-4-8-14-26)38-24-28-23-27(17-18-30(28)36-34(38)35)29-15-9-10-16-32(29)40-2;;/h3,5-6,9-12,15-18,23,26,31H,4,7-8,13-14,19-22,24H2,1-2H3,(H2,35,36);1H4;1H2/t31-;;/m0../s1. The number of carbonyl (C=O) groups is 1. The molecule has 0 aromatic heterocycles. The Morgan fingerprint density at radius 3 is 2.50 bits per heavy atom. The molecule has 1 heterocycles. The number of amides is 1. The van der Waals surface area contributed by atoms with E-state index in [1.807, 2.05) is 48.3 Å². The molecule has 5 rings (SSSR count). The van der Waals surface area contributed by atoms with Crippen LogP contribution in [0, 0.1) is 5.92 Å². The van der Waals surface area contributed by atoms with Gasteiger partial charge in [-0.25, -0.2) is 4.99 Å². The Labute approximate surface area is 259 Å². The number of guanidine groups is 1. The summed E-state index contributed by atoms with van der Waals surface area (Å²) >= 11 is 0. The first-order valence-corrected chi connectivity index (χ1v) is 14.7. The number of rotatable bonds is 10. The Morgan fingerprint density at radius 2 is 1.76 bits per heavy atom. The molecule has 2 N–H and O–H groups in total. The molecular formula is C35H48N4O2S. The zero-order valence-electron chi connectivity index (χ0n) is 24.4. The first-order chi connectivity index (χ1) is 19.5. The Hall–Kier alpha value is -3.45. The Kier molecular flexibility index (Phi) is 12.3. The second kappa shape index (κ2) is 15.7. The summed E-state index contributed by atoms with van der Waals surface area (Å²) in [4.78, 5) is 22.2. The number of para-hydroxylation sites is 1. The van der Waals surface area contributed by atoms with Gasteiger partial charge in [-0.15, -0.1) is 0 Å². The molecule has 42 heavy (non-hydrogen) atoms. The van der Waals surface area contributed by atoms with Gasteiger partial charge >= 0.3 is 0 Å². The number of ether oxygens (including phenoxy) is 1. The maximum atomic E-state index is 13.2. The number of hydrogen-bond acceptors (Lipinski definition) is 5. The van der Waals surface area contributed by atoms with E-state index in [1.165, 1.54) is 37.7 Å². The van der Waals surface area contributed by atoms with Gasteiger partial charge in [0.15, 0.2) is 5.96 Å². The monoisotopic (exact) mass is 588 g/mol. The highest BCUT2D eigenvalue weighted by atomic mass is 32.1. The van der Waals surface area contributed by atoms with Gasteiger partial charge in [-0.3, -0.25) is 4.79 Å². The van der Waals surface area contributed by atoms with Gasteiger partial charge in [0.25, 0.3) is 0 Å². The fourth-order valence-electron chi connectivity index (χ4n) is 6.30. The van der Waals surface area contributed by atoms with Gasteiger partial charge in [0, 0.05) is 38.2 Å². The Morgan fingerprint density at radius 1 is 1.05 bits per heavy atom. The van der Waals surface area contributed by atoms with Gasteiger partial charge in [0.05, 0.1) is 12.8 Å². The summed E-state index contributed by atoms with van der Waals surface area (Å²) in [5.41, 5.74) is 12.1. The number of aliphatic imine (C=N–C) groups is 1. The highest BCUT2D eigenvalue weighted by molar-refractivity contribution is 7.59. The number of likely N-dealkylation sites (N-methyl/N-ethyl adjacent to an activating group) is 1. The Balaban J connectivity index is 0.00000242. The smallest absolute Gasteiger partial charge is 0.222 e. The highest BCUT2D eigenvalue weighted by Crippen LogP contribution is 2.38. The second-order valence-corrected chi connectivity index (χ2v) is 11.2. The molecular weight excluding hydrogens is 540 g/mol. The molecule has 226 valence electrons. The van der Waals surface area contributed by atoms with Gasteiger partial charge in [0.1, 0.15) is 5.75 Å². The van der Waals surface area contributed by atoms with Gasteiger partial charge in [0.2, 0.25) is 5.91 Å². The number of fused-ring (bicyclic) bond motifs is 1. The molecule has 3 aromatic rings. The number of nitrogens with zero attached hydrogens (tertiary/aromatic N) is 3. The molecule has 3 aromatic carbocycles. The summed E-state index contributed by atoms with van der Waals surface area (Å²) in [6, 6.07) is 25.0. The third-order valence-corrected chi connectivity index (χ3v) is 8.62. The van der Waals surface area contributed by atoms with Crippen LogP contribution in [0.2, 0.25) is 0 Å². The topological polar surface area (TPSA) is 71.2 Å². The van der Waals surface area contributed by atoms with Gasteiger partial charge in [-0.2, -0.15) is 13.5 Å². The minimum Gasteiger partial charge on any atom is -0.496 e. The zero-order valence-corrected chi connectivity index (χ0v) is 25.4. The number of methoxy groups -OCH3 is 1. The second-order valence-electron chi connectivity index (χ2n) is 11.2. The van der Waals surface area contributed by atoms with Crippen molar-refractivity contribution in [3.8, 4) is 16.9 Å². The average Bonchev–Trinajstić information content (AvgIpc) is 3.00. The molecule has 0 unspecified atom stereocenters.